The Bertz CT molecular complexity index is 1320. The number of phenolic OH excluding ortho intramolecular Hbond substituents is 1. The third-order valence-corrected chi connectivity index (χ3v) is 7.57. The number of carbonyl (C=O) groups excluding carboxylic acids is 2. The van der Waals surface area contributed by atoms with Gasteiger partial charge in [0.05, 0.1) is 7.11 Å². The first-order valence-corrected chi connectivity index (χ1v) is 10.6. The number of rotatable bonds is 4. The van der Waals surface area contributed by atoms with Crippen LogP contribution in [0, 0.1) is 29.1 Å². The fourth-order valence-electron chi connectivity index (χ4n) is 4.48. The second-order valence-electron chi connectivity index (χ2n) is 7.85. The molecule has 184 valence electrons. The molecule has 2 aromatic rings. The van der Waals surface area contributed by atoms with Gasteiger partial charge in [0, 0.05) is 17.5 Å². The molecule has 1 aliphatic heterocycles. The maximum absolute atomic E-state index is 14.6. The molecule has 0 bridgehead atoms. The van der Waals surface area contributed by atoms with Gasteiger partial charge in [-0.1, -0.05) is 24.8 Å². The molecule has 12 heteroatoms. The molecule has 5 nitrogen and oxygen atoms in total. The van der Waals surface area contributed by atoms with Gasteiger partial charge in [-0.25, -0.2) is 26.9 Å². The average molecular weight is 534 g/mol. The monoisotopic (exact) mass is 533 g/mol. The summed E-state index contributed by atoms with van der Waals surface area (Å²) < 4.78 is 76.0. The second kappa shape index (κ2) is 8.23. The van der Waals surface area contributed by atoms with E-state index in [2.05, 4.69) is 6.58 Å². The van der Waals surface area contributed by atoms with Gasteiger partial charge in [0.1, 0.15) is 17.2 Å². The van der Waals surface area contributed by atoms with Gasteiger partial charge in [-0.15, -0.1) is 23.2 Å². The lowest BCUT2D eigenvalue weighted by Gasteiger charge is -2.42. The van der Waals surface area contributed by atoms with Crippen molar-refractivity contribution in [2.75, 3.05) is 12.0 Å². The van der Waals surface area contributed by atoms with Crippen molar-refractivity contribution in [1.29, 1.82) is 0 Å². The van der Waals surface area contributed by atoms with Crippen LogP contribution in [-0.4, -0.2) is 33.8 Å². The van der Waals surface area contributed by atoms with Gasteiger partial charge in [-0.2, -0.15) is 0 Å². The number of allylic oxidation sites excluding steroid dienone is 3. The van der Waals surface area contributed by atoms with Crippen molar-refractivity contribution < 1.29 is 41.4 Å². The molecule has 0 radical (unpaired) electrons. The van der Waals surface area contributed by atoms with Crippen LogP contribution in [0.25, 0.3) is 0 Å². The van der Waals surface area contributed by atoms with Crippen molar-refractivity contribution in [2.45, 2.75) is 22.1 Å². The van der Waals surface area contributed by atoms with Gasteiger partial charge in [-0.05, 0) is 18.1 Å². The van der Waals surface area contributed by atoms with Crippen LogP contribution >= 0.6 is 23.2 Å². The van der Waals surface area contributed by atoms with Crippen LogP contribution in [0.1, 0.15) is 17.9 Å². The van der Waals surface area contributed by atoms with E-state index in [4.69, 9.17) is 27.9 Å². The third kappa shape index (κ3) is 3.12. The Balaban J connectivity index is 2.02. The number of halogens is 7. The lowest BCUT2D eigenvalue weighted by atomic mass is 9.68. The smallest absolute Gasteiger partial charge is 0.258 e. The largest absolute Gasteiger partial charge is 0.508 e. The van der Waals surface area contributed by atoms with E-state index in [1.165, 1.54) is 37.5 Å². The Labute approximate surface area is 205 Å². The van der Waals surface area contributed by atoms with Crippen molar-refractivity contribution in [3.63, 3.8) is 0 Å². The van der Waals surface area contributed by atoms with E-state index >= 15 is 0 Å². The lowest BCUT2D eigenvalue weighted by molar-refractivity contribution is -0.122. The Morgan fingerprint density at radius 2 is 1.63 bits per heavy atom. The van der Waals surface area contributed by atoms with E-state index < -0.39 is 68.7 Å². The highest BCUT2D eigenvalue weighted by Crippen LogP contribution is 2.61. The average Bonchev–Trinajstić information content (AvgIpc) is 2.99. The maximum atomic E-state index is 14.6. The van der Waals surface area contributed by atoms with Gasteiger partial charge in [0.25, 0.3) is 11.8 Å². The lowest BCUT2D eigenvalue weighted by Crippen LogP contribution is -2.55. The van der Waals surface area contributed by atoms with Crippen molar-refractivity contribution in [3.05, 3.63) is 77.2 Å². The summed E-state index contributed by atoms with van der Waals surface area (Å²) in [6.45, 7) is 3.65. The minimum atomic E-state index is -2.52. The number of nitrogens with zero attached hydrogens (tertiary/aromatic N) is 1. The van der Waals surface area contributed by atoms with Gasteiger partial charge in [0.15, 0.2) is 33.0 Å². The van der Waals surface area contributed by atoms with E-state index in [9.17, 15) is 36.6 Å². The molecule has 2 aliphatic rings. The van der Waals surface area contributed by atoms with E-state index in [0.29, 0.717) is 0 Å². The minimum absolute atomic E-state index is 0.0126. The molecule has 1 aliphatic carbocycles. The predicted octanol–water partition coefficient (Wildman–Crippen LogP) is 5.22. The fraction of sp³-hybridized carbons (Fsp3) is 0.217. The molecule has 4 rings (SSSR count). The molecular formula is C23H14Cl2F5NO4. The van der Waals surface area contributed by atoms with Crippen LogP contribution in [0.4, 0.5) is 27.6 Å². The minimum Gasteiger partial charge on any atom is -0.508 e. The van der Waals surface area contributed by atoms with Crippen molar-refractivity contribution >= 4 is 40.7 Å². The molecule has 0 saturated carbocycles. The van der Waals surface area contributed by atoms with Crippen molar-refractivity contribution in [2.24, 2.45) is 0 Å². The SMILES string of the molecule is C=CC1=CCC2(Cl)C(=O)N(c3c(F)c(F)c(F)c(F)c3F)C(=O)C2(Cl)C1c1ccc(O)cc1OC. The highest BCUT2D eigenvalue weighted by atomic mass is 35.5. The van der Waals surface area contributed by atoms with E-state index in [0.717, 1.165) is 0 Å². The van der Waals surface area contributed by atoms with Crippen LogP contribution in [0.5, 0.6) is 11.5 Å². The predicted molar refractivity (Wildman–Crippen MR) is 116 cm³/mol. The number of benzene rings is 2. The van der Waals surface area contributed by atoms with E-state index in [-0.39, 0.29) is 27.5 Å². The quantitative estimate of drug-likeness (QED) is 0.192. The summed E-state index contributed by atoms with van der Waals surface area (Å²) in [7, 11) is 1.25. The highest BCUT2D eigenvalue weighted by Gasteiger charge is 2.74. The first-order chi connectivity index (χ1) is 16.4. The summed E-state index contributed by atoms with van der Waals surface area (Å²) in [5.74, 6) is -16.5. The molecular weight excluding hydrogens is 520 g/mol. The summed E-state index contributed by atoms with van der Waals surface area (Å²) in [5.41, 5.74) is -1.39. The van der Waals surface area contributed by atoms with Gasteiger partial charge in [0.2, 0.25) is 5.82 Å². The van der Waals surface area contributed by atoms with Crippen LogP contribution < -0.4 is 9.64 Å². The van der Waals surface area contributed by atoms with Gasteiger partial charge < -0.3 is 9.84 Å². The molecule has 1 fully saturated rings. The maximum Gasteiger partial charge on any atom is 0.258 e. The molecule has 1 heterocycles. The number of amides is 2. The van der Waals surface area contributed by atoms with E-state index in [1.807, 2.05) is 0 Å². The van der Waals surface area contributed by atoms with Gasteiger partial charge in [-0.3, -0.25) is 9.59 Å². The number of methoxy groups -OCH3 is 1. The zero-order chi connectivity index (χ0) is 26.0. The zero-order valence-corrected chi connectivity index (χ0v) is 19.2. The first kappa shape index (κ1) is 25.0. The Morgan fingerprint density at radius 1 is 1.06 bits per heavy atom. The summed E-state index contributed by atoms with van der Waals surface area (Å²) in [4.78, 5) is 21.9. The number of hydrogen-bond donors (Lipinski definition) is 1. The highest BCUT2D eigenvalue weighted by molar-refractivity contribution is 6.58. The molecule has 2 amide bonds. The molecule has 3 unspecified atom stereocenters. The Morgan fingerprint density at radius 3 is 2.17 bits per heavy atom. The first-order valence-electron chi connectivity index (χ1n) is 9.84. The topological polar surface area (TPSA) is 66.8 Å². The zero-order valence-electron chi connectivity index (χ0n) is 17.6. The summed E-state index contributed by atoms with van der Waals surface area (Å²) in [6.07, 6.45) is 2.27. The van der Waals surface area contributed by atoms with Crippen LogP contribution in [-0.2, 0) is 9.59 Å². The molecule has 35 heavy (non-hydrogen) atoms. The number of alkyl halides is 2. The number of ether oxygens (including phenoxy) is 1. The van der Waals surface area contributed by atoms with E-state index in [1.54, 1.807) is 0 Å². The number of anilines is 1. The summed E-state index contributed by atoms with van der Waals surface area (Å²) in [5, 5.41) is 9.82. The molecule has 0 aromatic heterocycles. The Hall–Kier alpha value is -3.11. The number of imide groups is 1. The van der Waals surface area contributed by atoms with Crippen molar-refractivity contribution in [3.8, 4) is 11.5 Å². The van der Waals surface area contributed by atoms with Crippen molar-refractivity contribution in [1.82, 2.24) is 0 Å². The number of aromatic hydroxyl groups is 1. The molecule has 1 N–H and O–H groups in total. The number of fused-ring (bicyclic) bond motifs is 1. The van der Waals surface area contributed by atoms with Crippen LogP contribution in [0.2, 0.25) is 0 Å². The van der Waals surface area contributed by atoms with Crippen LogP contribution in [0.3, 0.4) is 0 Å². The fourth-order valence-corrected chi connectivity index (χ4v) is 5.32. The molecule has 1 saturated heterocycles. The molecule has 3 atom stereocenters. The molecule has 2 aromatic carbocycles. The summed E-state index contributed by atoms with van der Waals surface area (Å²) in [6, 6.07) is 3.73. The standard InChI is InChI=1S/C23H14Cl2F5NO4/c1-3-9-6-7-22(24)20(33)31(19-17(29)15(27)14(26)16(28)18(19)30)21(34)23(22,25)13(9)11-5-4-10(32)8-12(11)35-2/h3-6,8,13,32H,1,7H2,2H3. The van der Waals surface area contributed by atoms with Gasteiger partial charge >= 0.3 is 0 Å². The Kier molecular flexibility index (Phi) is 5.88. The number of hydrogen-bond acceptors (Lipinski definition) is 4. The van der Waals surface area contributed by atoms with Crippen LogP contribution in [0.15, 0.2) is 42.5 Å². The summed E-state index contributed by atoms with van der Waals surface area (Å²) >= 11 is 13.4. The third-order valence-electron chi connectivity index (χ3n) is 6.16. The number of phenols is 1. The number of carbonyl (C=O) groups is 2. The second-order valence-corrected chi connectivity index (χ2v) is 9.09. The molecule has 0 spiro atoms. The normalized spacial score (nSPS) is 26.0.